The number of nitrogens with one attached hydrogen (secondary N) is 1. The van der Waals surface area contributed by atoms with Gasteiger partial charge in [0.15, 0.2) is 0 Å². The molecule has 7 heteroatoms. The summed E-state index contributed by atoms with van der Waals surface area (Å²) in [6.45, 7) is 2.67. The number of carbonyl (C=O) groups excluding carboxylic acids is 1. The van der Waals surface area contributed by atoms with Crippen molar-refractivity contribution in [3.63, 3.8) is 0 Å². The summed E-state index contributed by atoms with van der Waals surface area (Å²) in [7, 11) is 3.87. The van der Waals surface area contributed by atoms with Crippen molar-refractivity contribution in [3.05, 3.63) is 5.89 Å². The molecular formula is C12H20N4O2S. The minimum Gasteiger partial charge on any atom is -0.415 e. The minimum atomic E-state index is 0.0248. The third-order valence-corrected chi connectivity index (χ3v) is 3.76. The lowest BCUT2D eigenvalue weighted by atomic mass is 10.2. The second-order valence-electron chi connectivity index (χ2n) is 5.18. The first kappa shape index (κ1) is 14.3. The van der Waals surface area contributed by atoms with E-state index in [1.807, 2.05) is 19.0 Å². The summed E-state index contributed by atoms with van der Waals surface area (Å²) in [5, 5.41) is 11.3. The Morgan fingerprint density at radius 3 is 2.89 bits per heavy atom. The number of hydrogen-bond acceptors (Lipinski definition) is 6. The molecule has 6 nitrogen and oxygen atoms in total. The maximum Gasteiger partial charge on any atom is 0.277 e. The fraction of sp³-hybridized carbons (Fsp3) is 0.750. The van der Waals surface area contributed by atoms with Gasteiger partial charge in [0.1, 0.15) is 0 Å². The van der Waals surface area contributed by atoms with Crippen molar-refractivity contribution >= 4 is 17.7 Å². The van der Waals surface area contributed by atoms with E-state index in [1.165, 1.54) is 24.6 Å². The molecule has 1 aliphatic rings. The number of thioether (sulfide) groups is 1. The van der Waals surface area contributed by atoms with E-state index in [1.54, 1.807) is 0 Å². The van der Waals surface area contributed by atoms with Crippen LogP contribution in [0.15, 0.2) is 9.64 Å². The van der Waals surface area contributed by atoms with Crippen LogP contribution in [0.1, 0.15) is 25.7 Å². The third-order valence-electron chi connectivity index (χ3n) is 2.94. The van der Waals surface area contributed by atoms with Crippen molar-refractivity contribution in [2.45, 2.75) is 37.6 Å². The van der Waals surface area contributed by atoms with E-state index in [2.05, 4.69) is 22.4 Å². The van der Waals surface area contributed by atoms with Gasteiger partial charge in [-0.3, -0.25) is 4.79 Å². The van der Waals surface area contributed by atoms with Gasteiger partial charge < -0.3 is 14.6 Å². The van der Waals surface area contributed by atoms with E-state index >= 15 is 0 Å². The van der Waals surface area contributed by atoms with Gasteiger partial charge in [-0.15, -0.1) is 10.2 Å². The summed E-state index contributed by atoms with van der Waals surface area (Å²) in [5.74, 6) is 1.58. The Hall–Kier alpha value is -1.08. The largest absolute Gasteiger partial charge is 0.415 e. The predicted molar refractivity (Wildman–Crippen MR) is 72.7 cm³/mol. The van der Waals surface area contributed by atoms with Gasteiger partial charge in [-0.2, -0.15) is 0 Å². The quantitative estimate of drug-likeness (QED) is 0.757. The van der Waals surface area contributed by atoms with E-state index in [9.17, 15) is 4.79 Å². The fourth-order valence-corrected chi connectivity index (χ4v) is 2.36. The number of carbonyl (C=O) groups is 1. The summed E-state index contributed by atoms with van der Waals surface area (Å²) >= 11 is 1.28. The molecular weight excluding hydrogens is 264 g/mol. The number of nitrogens with zero attached hydrogens (tertiary/aromatic N) is 3. The lowest BCUT2D eigenvalue weighted by Gasteiger charge is -2.11. The highest BCUT2D eigenvalue weighted by Crippen LogP contribution is 2.32. The zero-order chi connectivity index (χ0) is 13.8. The Labute approximate surface area is 117 Å². The number of amides is 1. The Kier molecular flexibility index (Phi) is 4.81. The van der Waals surface area contributed by atoms with Crippen LogP contribution in [0.4, 0.5) is 0 Å². The second kappa shape index (κ2) is 6.38. The zero-order valence-corrected chi connectivity index (χ0v) is 12.4. The molecule has 1 amide bonds. The van der Waals surface area contributed by atoms with Crippen LogP contribution in [-0.4, -0.2) is 46.9 Å². The van der Waals surface area contributed by atoms with Crippen LogP contribution in [-0.2, 0) is 11.3 Å². The normalized spacial score (nSPS) is 16.6. The molecule has 1 aromatic heterocycles. The topological polar surface area (TPSA) is 71.3 Å². The van der Waals surface area contributed by atoms with E-state index in [-0.39, 0.29) is 11.9 Å². The molecule has 1 atom stereocenters. The van der Waals surface area contributed by atoms with Crippen LogP contribution >= 0.6 is 11.8 Å². The molecule has 1 aliphatic carbocycles. The molecule has 0 saturated heterocycles. The summed E-state index contributed by atoms with van der Waals surface area (Å²) in [4.78, 5) is 13.7. The molecule has 1 N–H and O–H groups in total. The predicted octanol–water partition coefficient (Wildman–Crippen LogP) is 1.14. The Morgan fingerprint density at radius 1 is 1.53 bits per heavy atom. The lowest BCUT2D eigenvalue weighted by Crippen LogP contribution is -2.35. The smallest absolute Gasteiger partial charge is 0.277 e. The van der Waals surface area contributed by atoms with Gasteiger partial charge in [0.25, 0.3) is 5.22 Å². The first-order chi connectivity index (χ1) is 9.04. The van der Waals surface area contributed by atoms with Gasteiger partial charge in [0, 0.05) is 6.04 Å². The van der Waals surface area contributed by atoms with Crippen LogP contribution in [0.5, 0.6) is 0 Å². The van der Waals surface area contributed by atoms with E-state index in [4.69, 9.17) is 4.42 Å². The first-order valence-corrected chi connectivity index (χ1v) is 7.42. The van der Waals surface area contributed by atoms with Crippen LogP contribution in [0.3, 0.4) is 0 Å². The number of aromatic nitrogens is 2. The van der Waals surface area contributed by atoms with Gasteiger partial charge in [0.2, 0.25) is 11.8 Å². The van der Waals surface area contributed by atoms with Crippen molar-refractivity contribution < 1.29 is 9.21 Å². The highest BCUT2D eigenvalue weighted by atomic mass is 32.2. The molecule has 1 aromatic rings. The molecule has 0 bridgehead atoms. The first-order valence-electron chi connectivity index (χ1n) is 6.44. The molecule has 1 fully saturated rings. The van der Waals surface area contributed by atoms with Crippen LogP contribution < -0.4 is 5.32 Å². The maximum absolute atomic E-state index is 11.7. The van der Waals surface area contributed by atoms with Crippen molar-refractivity contribution in [1.82, 2.24) is 20.4 Å². The maximum atomic E-state index is 11.7. The highest BCUT2D eigenvalue weighted by Gasteiger charge is 2.28. The number of rotatable bonds is 7. The van der Waals surface area contributed by atoms with Gasteiger partial charge in [-0.05, 0) is 39.8 Å². The van der Waals surface area contributed by atoms with Crippen molar-refractivity contribution in [2.24, 2.45) is 5.92 Å². The fourth-order valence-electron chi connectivity index (χ4n) is 1.77. The van der Waals surface area contributed by atoms with E-state index in [0.717, 1.165) is 0 Å². The standard InChI is InChI=1S/C12H20N4O2S/c1-8(9-4-5-9)13-10(17)7-19-12-15-14-11(18-12)6-16(2)3/h8-9H,4-7H2,1-3H3,(H,13,17)/t8-/m0/s1. The van der Waals surface area contributed by atoms with Gasteiger partial charge in [-0.1, -0.05) is 11.8 Å². The highest BCUT2D eigenvalue weighted by molar-refractivity contribution is 7.99. The molecule has 106 valence electrons. The van der Waals surface area contributed by atoms with Gasteiger partial charge in [0.05, 0.1) is 12.3 Å². The summed E-state index contributed by atoms with van der Waals surface area (Å²) in [6, 6.07) is 0.278. The summed E-state index contributed by atoms with van der Waals surface area (Å²) < 4.78 is 5.43. The average molecular weight is 284 g/mol. The molecule has 1 heterocycles. The molecule has 0 unspecified atom stereocenters. The summed E-state index contributed by atoms with van der Waals surface area (Å²) in [5.41, 5.74) is 0. The number of hydrogen-bond donors (Lipinski definition) is 1. The van der Waals surface area contributed by atoms with Gasteiger partial charge in [-0.25, -0.2) is 0 Å². The van der Waals surface area contributed by atoms with Crippen molar-refractivity contribution in [1.29, 1.82) is 0 Å². The second-order valence-corrected chi connectivity index (χ2v) is 6.11. The van der Waals surface area contributed by atoms with Crippen LogP contribution in [0, 0.1) is 5.92 Å². The van der Waals surface area contributed by atoms with Gasteiger partial charge >= 0.3 is 0 Å². The molecule has 19 heavy (non-hydrogen) atoms. The van der Waals surface area contributed by atoms with Crippen LogP contribution in [0.2, 0.25) is 0 Å². The molecule has 0 aliphatic heterocycles. The molecule has 0 aromatic carbocycles. The Morgan fingerprint density at radius 2 is 2.26 bits per heavy atom. The average Bonchev–Trinajstić information content (AvgIpc) is 3.09. The molecule has 0 radical (unpaired) electrons. The van der Waals surface area contributed by atoms with Crippen LogP contribution in [0.25, 0.3) is 0 Å². The van der Waals surface area contributed by atoms with Crippen molar-refractivity contribution in [3.8, 4) is 0 Å². The monoisotopic (exact) mass is 284 g/mol. The lowest BCUT2D eigenvalue weighted by molar-refractivity contribution is -0.119. The molecule has 1 saturated carbocycles. The summed E-state index contributed by atoms with van der Waals surface area (Å²) in [6.07, 6.45) is 2.46. The van der Waals surface area contributed by atoms with Crippen molar-refractivity contribution in [2.75, 3.05) is 19.8 Å². The Bertz CT molecular complexity index is 431. The third kappa shape index (κ3) is 4.83. The molecule has 0 spiro atoms. The van der Waals surface area contributed by atoms with E-state index < -0.39 is 0 Å². The van der Waals surface area contributed by atoms with E-state index in [0.29, 0.717) is 29.3 Å². The zero-order valence-electron chi connectivity index (χ0n) is 11.5. The SMILES string of the molecule is C[C@H](NC(=O)CSc1nnc(CN(C)C)o1)C1CC1. The molecule has 2 rings (SSSR count). The Balaban J connectivity index is 1.71. The minimum absolute atomic E-state index is 0.0248.